The van der Waals surface area contributed by atoms with Gasteiger partial charge in [-0.1, -0.05) is 36.4 Å². The molecule has 0 aromatic heterocycles. The van der Waals surface area contributed by atoms with Crippen LogP contribution in [0, 0.1) is 11.6 Å². The molecule has 210 valence electrons. The van der Waals surface area contributed by atoms with E-state index < -0.39 is 59.3 Å². The van der Waals surface area contributed by atoms with Gasteiger partial charge in [0, 0.05) is 6.42 Å². The minimum absolute atomic E-state index is 0.0655. The highest BCUT2D eigenvalue weighted by atomic mass is 19.4. The van der Waals surface area contributed by atoms with Gasteiger partial charge < -0.3 is 15.4 Å². The lowest BCUT2D eigenvalue weighted by Crippen LogP contribution is -2.53. The molecule has 3 rings (SSSR count). The van der Waals surface area contributed by atoms with E-state index in [1.165, 1.54) is 0 Å². The van der Waals surface area contributed by atoms with Crippen LogP contribution < -0.4 is 15.4 Å². The van der Waals surface area contributed by atoms with Gasteiger partial charge in [-0.25, -0.2) is 13.6 Å². The lowest BCUT2D eigenvalue weighted by molar-refractivity contribution is -0.137. The molecule has 0 fully saturated rings. The molecule has 0 aliphatic carbocycles. The number of carbonyl (C=O) groups excluding carboxylic acids is 1. The van der Waals surface area contributed by atoms with Gasteiger partial charge in [0.05, 0.1) is 17.2 Å². The Morgan fingerprint density at radius 1 is 0.846 bits per heavy atom. The molecule has 0 bridgehead atoms. The Hall–Kier alpha value is -3.83. The molecule has 0 unspecified atom stereocenters. The van der Waals surface area contributed by atoms with Gasteiger partial charge in [-0.3, -0.25) is 0 Å². The molecule has 1 atom stereocenters. The normalized spacial score (nSPS) is 13.6. The van der Waals surface area contributed by atoms with Crippen LogP contribution in [0.1, 0.15) is 36.1 Å². The predicted octanol–water partition coefficient (Wildman–Crippen LogP) is 7.12. The molecule has 39 heavy (non-hydrogen) atoms. The summed E-state index contributed by atoms with van der Waals surface area (Å²) in [7, 11) is 0. The number of benzene rings is 3. The standard InChI is InChI=1S/C27H24F8N2O2/c1-16(2)39-23-13-18(8-9-22(23)29)25(14-17-6-4-3-5-7-17,37-24(38)36-15-26(30,31)32)19-10-20(27(33,34)35)12-21(28)11-19/h3-13,16H,14-15H2,1-2H3,(H2,36,37,38)/t25-/m1/s1. The fourth-order valence-electron chi connectivity index (χ4n) is 3.99. The van der Waals surface area contributed by atoms with Crippen molar-refractivity contribution in [1.82, 2.24) is 10.6 Å². The Kier molecular flexibility index (Phi) is 8.77. The van der Waals surface area contributed by atoms with Crippen molar-refractivity contribution in [3.8, 4) is 5.75 Å². The molecule has 0 spiro atoms. The minimum Gasteiger partial charge on any atom is -0.488 e. The van der Waals surface area contributed by atoms with E-state index in [-0.39, 0.29) is 23.8 Å². The number of urea groups is 1. The molecule has 2 N–H and O–H groups in total. The van der Waals surface area contributed by atoms with E-state index in [1.54, 1.807) is 49.5 Å². The van der Waals surface area contributed by atoms with Crippen LogP contribution in [0.3, 0.4) is 0 Å². The summed E-state index contributed by atoms with van der Waals surface area (Å²) in [5.41, 5.74) is -3.59. The van der Waals surface area contributed by atoms with E-state index in [0.29, 0.717) is 11.6 Å². The number of hydrogen-bond acceptors (Lipinski definition) is 2. The summed E-state index contributed by atoms with van der Waals surface area (Å²) >= 11 is 0. The highest BCUT2D eigenvalue weighted by molar-refractivity contribution is 5.76. The van der Waals surface area contributed by atoms with Gasteiger partial charge in [-0.2, -0.15) is 26.3 Å². The zero-order valence-corrected chi connectivity index (χ0v) is 20.7. The molecule has 0 aliphatic rings. The van der Waals surface area contributed by atoms with Gasteiger partial charge in [0.25, 0.3) is 0 Å². The van der Waals surface area contributed by atoms with E-state index in [1.807, 2.05) is 0 Å². The van der Waals surface area contributed by atoms with E-state index in [0.717, 1.165) is 24.3 Å². The van der Waals surface area contributed by atoms with Crippen molar-refractivity contribution in [1.29, 1.82) is 0 Å². The quantitative estimate of drug-likeness (QED) is 0.289. The third-order valence-electron chi connectivity index (χ3n) is 5.59. The van der Waals surface area contributed by atoms with Crippen molar-refractivity contribution < 1.29 is 44.7 Å². The summed E-state index contributed by atoms with van der Waals surface area (Å²) in [6.45, 7) is 1.44. The van der Waals surface area contributed by atoms with Crippen LogP contribution in [-0.2, 0) is 18.1 Å². The van der Waals surface area contributed by atoms with Crippen LogP contribution in [-0.4, -0.2) is 24.9 Å². The summed E-state index contributed by atoms with van der Waals surface area (Å²) in [4.78, 5) is 12.8. The van der Waals surface area contributed by atoms with Crippen LogP contribution in [0.15, 0.2) is 66.7 Å². The molecule has 3 aromatic carbocycles. The maximum atomic E-state index is 14.6. The fraction of sp³-hybridized carbons (Fsp3) is 0.296. The highest BCUT2D eigenvalue weighted by Crippen LogP contribution is 2.39. The molecule has 4 nitrogen and oxygen atoms in total. The van der Waals surface area contributed by atoms with Crippen LogP contribution in [0.25, 0.3) is 0 Å². The maximum Gasteiger partial charge on any atom is 0.416 e. The summed E-state index contributed by atoms with van der Waals surface area (Å²) < 4.78 is 114. The summed E-state index contributed by atoms with van der Waals surface area (Å²) in [5, 5.41) is 3.95. The molecule has 0 aliphatic heterocycles. The van der Waals surface area contributed by atoms with Crippen LogP contribution >= 0.6 is 0 Å². The lowest BCUT2D eigenvalue weighted by atomic mass is 9.77. The molecule has 2 amide bonds. The second-order valence-corrected chi connectivity index (χ2v) is 9.03. The third kappa shape index (κ3) is 7.84. The molecular weight excluding hydrogens is 536 g/mol. The van der Waals surface area contributed by atoms with Crippen molar-refractivity contribution in [2.45, 2.75) is 44.3 Å². The van der Waals surface area contributed by atoms with Crippen molar-refractivity contribution in [2.24, 2.45) is 0 Å². The Morgan fingerprint density at radius 3 is 2.08 bits per heavy atom. The fourth-order valence-corrected chi connectivity index (χ4v) is 3.99. The van der Waals surface area contributed by atoms with Gasteiger partial charge >= 0.3 is 18.4 Å². The van der Waals surface area contributed by atoms with Crippen LogP contribution in [0.4, 0.5) is 39.9 Å². The minimum atomic E-state index is -5.00. The monoisotopic (exact) mass is 560 g/mol. The number of ether oxygens (including phenoxy) is 1. The zero-order chi connectivity index (χ0) is 29.0. The van der Waals surface area contributed by atoms with E-state index in [2.05, 4.69) is 5.32 Å². The Balaban J connectivity index is 2.32. The number of halogens is 8. The van der Waals surface area contributed by atoms with Gasteiger partial charge in [0.2, 0.25) is 0 Å². The number of nitrogens with one attached hydrogen (secondary N) is 2. The van der Waals surface area contributed by atoms with Gasteiger partial charge in [-0.05, 0) is 60.9 Å². The molecule has 0 saturated carbocycles. The number of carbonyl (C=O) groups is 1. The molecule has 12 heteroatoms. The van der Waals surface area contributed by atoms with Gasteiger partial charge in [0.1, 0.15) is 12.4 Å². The van der Waals surface area contributed by atoms with Crippen molar-refractivity contribution in [3.05, 3.63) is 101 Å². The van der Waals surface area contributed by atoms with E-state index in [9.17, 15) is 39.9 Å². The third-order valence-corrected chi connectivity index (χ3v) is 5.59. The number of hydrogen-bond donors (Lipinski definition) is 2. The van der Waals surface area contributed by atoms with Crippen molar-refractivity contribution in [3.63, 3.8) is 0 Å². The Labute approximate surface area is 219 Å². The number of rotatable bonds is 8. The average molecular weight is 560 g/mol. The molecular formula is C27H24F8N2O2. The largest absolute Gasteiger partial charge is 0.488 e. The first-order valence-electron chi connectivity index (χ1n) is 11.6. The highest BCUT2D eigenvalue weighted by Gasteiger charge is 2.41. The van der Waals surface area contributed by atoms with Crippen LogP contribution in [0.2, 0.25) is 0 Å². The van der Waals surface area contributed by atoms with Crippen molar-refractivity contribution >= 4 is 6.03 Å². The lowest BCUT2D eigenvalue weighted by Gasteiger charge is -2.37. The second-order valence-electron chi connectivity index (χ2n) is 9.03. The first-order valence-corrected chi connectivity index (χ1v) is 11.6. The topological polar surface area (TPSA) is 50.4 Å². The van der Waals surface area contributed by atoms with E-state index in [4.69, 9.17) is 4.74 Å². The molecule has 0 saturated heterocycles. The zero-order valence-electron chi connectivity index (χ0n) is 20.7. The summed E-state index contributed by atoms with van der Waals surface area (Å²) in [6.07, 6.45) is -10.7. The van der Waals surface area contributed by atoms with Crippen LogP contribution in [0.5, 0.6) is 5.75 Å². The second kappa shape index (κ2) is 11.5. The summed E-state index contributed by atoms with van der Waals surface area (Å²) in [6, 6.07) is 11.3. The maximum absolute atomic E-state index is 14.6. The van der Waals surface area contributed by atoms with Gasteiger partial charge in [0.15, 0.2) is 11.6 Å². The first kappa shape index (κ1) is 29.7. The molecule has 0 radical (unpaired) electrons. The smallest absolute Gasteiger partial charge is 0.416 e. The Morgan fingerprint density at radius 2 is 1.49 bits per heavy atom. The number of alkyl halides is 6. The Bertz CT molecular complexity index is 1290. The number of amides is 2. The SMILES string of the molecule is CC(C)Oc1cc([C@@](Cc2ccccc2)(NC(=O)NCC(F)(F)F)c2cc(F)cc(C(F)(F)F)c2)ccc1F. The van der Waals surface area contributed by atoms with Crippen molar-refractivity contribution in [2.75, 3.05) is 6.54 Å². The van der Waals surface area contributed by atoms with E-state index >= 15 is 0 Å². The average Bonchev–Trinajstić information content (AvgIpc) is 2.82. The first-order chi connectivity index (χ1) is 18.1. The summed E-state index contributed by atoms with van der Waals surface area (Å²) in [5.74, 6) is -2.47. The predicted molar refractivity (Wildman–Crippen MR) is 127 cm³/mol. The molecule has 3 aromatic rings. The molecule has 0 heterocycles. The van der Waals surface area contributed by atoms with Gasteiger partial charge in [-0.15, -0.1) is 0 Å².